The summed E-state index contributed by atoms with van der Waals surface area (Å²) in [6.45, 7) is 40.0. The van der Waals surface area contributed by atoms with Gasteiger partial charge in [0.25, 0.3) is 0 Å². The molecule has 312 valence electrons. The van der Waals surface area contributed by atoms with Crippen LogP contribution < -0.4 is 20.7 Å². The van der Waals surface area contributed by atoms with E-state index in [0.717, 1.165) is 0 Å². The predicted octanol–water partition coefficient (Wildman–Crippen LogP) is 14.5. The van der Waals surface area contributed by atoms with E-state index in [1.165, 1.54) is 52.9 Å². The summed E-state index contributed by atoms with van der Waals surface area (Å²) in [6.07, 6.45) is 10.5. The van der Waals surface area contributed by atoms with Gasteiger partial charge in [-0.1, -0.05) is 0 Å². The third-order valence-electron chi connectivity index (χ3n) is 15.4. The second-order valence-corrected chi connectivity index (χ2v) is 97.2. The summed E-state index contributed by atoms with van der Waals surface area (Å²) in [4.78, 5) is 0. The van der Waals surface area contributed by atoms with E-state index >= 15 is 0 Å². The van der Waals surface area contributed by atoms with Crippen molar-refractivity contribution in [2.45, 2.75) is 131 Å². The van der Waals surface area contributed by atoms with Gasteiger partial charge >= 0.3 is 357 Å². The van der Waals surface area contributed by atoms with E-state index in [2.05, 4.69) is 213 Å². The minimum atomic E-state index is -5.61. The number of rotatable bonds is 12. The molecule has 2 unspecified atom stereocenters. The first-order valence-electron chi connectivity index (χ1n) is 22.7. The maximum absolute atomic E-state index is 6.12. The Bertz CT molecular complexity index is 2260. The molecule has 6 rings (SSSR count). The first-order chi connectivity index (χ1) is 26.2. The molecule has 4 aromatic rings. The Morgan fingerprint density at radius 1 is 0.483 bits per heavy atom. The van der Waals surface area contributed by atoms with Crippen LogP contribution >= 0.6 is 0 Å². The zero-order valence-electron chi connectivity index (χ0n) is 40.2. The number of allylic oxidation sites excluding steroid dienone is 2. The molecule has 0 N–H and O–H groups in total. The zero-order valence-corrected chi connectivity index (χ0v) is 47.8. The molecular weight excluding hydrogens is 927 g/mol. The molecule has 0 saturated heterocycles. The van der Waals surface area contributed by atoms with Gasteiger partial charge in [0.15, 0.2) is 0 Å². The fraction of sp³-hybridized carbons (Fsp3) is 0.453. The fourth-order valence-electron chi connectivity index (χ4n) is 13.4. The summed E-state index contributed by atoms with van der Waals surface area (Å²) < 4.78 is 14.7. The molecule has 0 heterocycles. The monoisotopic (exact) mass is 1010 g/mol. The summed E-state index contributed by atoms with van der Waals surface area (Å²) in [5, 5.41) is 6.31. The van der Waals surface area contributed by atoms with Gasteiger partial charge in [0.1, 0.15) is 0 Å². The van der Waals surface area contributed by atoms with Crippen LogP contribution in [0.5, 0.6) is 0 Å². The summed E-state index contributed by atoms with van der Waals surface area (Å²) >= 11 is -5.61. The van der Waals surface area contributed by atoms with E-state index in [0.29, 0.717) is 11.8 Å². The quantitative estimate of drug-likeness (QED) is 0.124. The average Bonchev–Trinajstić information content (AvgIpc) is 3.73. The van der Waals surface area contributed by atoms with Crippen LogP contribution in [0, 0.1) is 11.8 Å². The summed E-state index contributed by atoms with van der Waals surface area (Å²) in [6, 6.07) is 30.0. The molecule has 0 aliphatic heterocycles. The van der Waals surface area contributed by atoms with Gasteiger partial charge in [-0.3, -0.25) is 0 Å². The van der Waals surface area contributed by atoms with Crippen LogP contribution in [0.4, 0.5) is 0 Å². The van der Waals surface area contributed by atoms with Crippen molar-refractivity contribution < 1.29 is 15.1 Å². The van der Waals surface area contributed by atoms with E-state index < -0.39 is 47.4 Å². The van der Waals surface area contributed by atoms with Gasteiger partial charge in [-0.2, -0.15) is 0 Å². The second-order valence-electron chi connectivity index (χ2n) is 27.0. The maximum atomic E-state index is 6.12. The molecule has 2 atom stereocenters. The molecule has 0 bridgehead atoms. The van der Waals surface area contributed by atoms with Gasteiger partial charge in [0.2, 0.25) is 0 Å². The van der Waals surface area contributed by atoms with Crippen molar-refractivity contribution in [3.05, 3.63) is 107 Å². The Balaban J connectivity index is 1.64. The number of hydrogen-bond donors (Lipinski definition) is 0. The topological polar surface area (TPSA) is 0 Å². The van der Waals surface area contributed by atoms with Crippen molar-refractivity contribution in [1.82, 2.24) is 0 Å². The molecule has 2 aliphatic rings. The molecule has 4 aromatic carbocycles. The van der Waals surface area contributed by atoms with Crippen LogP contribution in [0.1, 0.15) is 57.3 Å². The SMILES string of the molecule is [CH2]=[Hf]([CH3])([CH3])([CH2]C(C)C)([CH2]C(C)C)([CH]1C=Cc2c(-c3cc([Si](C)(C)C)cc([Si](C)(C)C)c3)cccc21)[CH]1C=Cc2c(-c3cc([Si](C)(C)C)cc([Si](C)(C)C)c3)cccc21. The van der Waals surface area contributed by atoms with E-state index in [1.54, 1.807) is 20.7 Å². The molecule has 0 aromatic heterocycles. The minimum absolute atomic E-state index is 0.277. The third-order valence-corrected chi connectivity index (χ3v) is 67.4. The second kappa shape index (κ2) is 13.5. The molecule has 58 heavy (non-hydrogen) atoms. The van der Waals surface area contributed by atoms with E-state index in [-0.39, 0.29) is 7.35 Å². The van der Waals surface area contributed by atoms with Crippen molar-refractivity contribution in [2.75, 3.05) is 0 Å². The van der Waals surface area contributed by atoms with Crippen LogP contribution in [0.2, 0.25) is 96.3 Å². The van der Waals surface area contributed by atoms with Crippen molar-refractivity contribution >= 4 is 69.5 Å². The molecule has 5 heteroatoms. The standard InChI is InChI=1S/2C21H27Si2.2C4H9.2CH3.CH2.Hf/c2*1-22(2,3)18-13-17(14-19(15-18)23(4,5)6)21-12-8-10-16-9-7-11-20(16)21;2*1-4(2)3;;;;/h2*7-15H,1-6H3;2*4H,1H2,2-3H3;2*1H3;1H2;. The summed E-state index contributed by atoms with van der Waals surface area (Å²) in [5.41, 5.74) is 11.6. The van der Waals surface area contributed by atoms with E-state index in [4.69, 9.17) is 4.26 Å². The number of benzene rings is 4. The predicted molar refractivity (Wildman–Crippen MR) is 277 cm³/mol. The summed E-state index contributed by atoms with van der Waals surface area (Å²) in [7, 11) is -6.22. The fourth-order valence-corrected chi connectivity index (χ4v) is 70.3. The number of hydrogen-bond acceptors (Lipinski definition) is 0. The average molecular weight is 1010 g/mol. The van der Waals surface area contributed by atoms with Gasteiger partial charge in [0, 0.05) is 0 Å². The van der Waals surface area contributed by atoms with Crippen molar-refractivity contribution in [1.29, 1.82) is 0 Å². The molecule has 0 saturated carbocycles. The van der Waals surface area contributed by atoms with Crippen LogP contribution in [0.25, 0.3) is 34.4 Å². The van der Waals surface area contributed by atoms with Crippen molar-refractivity contribution in [2.24, 2.45) is 11.8 Å². The zero-order chi connectivity index (χ0) is 43.3. The van der Waals surface area contributed by atoms with Gasteiger partial charge < -0.3 is 0 Å². The Labute approximate surface area is 354 Å². The third kappa shape index (κ3) is 7.73. The normalized spacial score (nSPS) is 19.2. The van der Waals surface area contributed by atoms with Crippen LogP contribution in [0.3, 0.4) is 0 Å². The van der Waals surface area contributed by atoms with Gasteiger partial charge in [-0.25, -0.2) is 0 Å². The molecular formula is C53H80HfSi4. The Hall–Kier alpha value is -2.03. The van der Waals surface area contributed by atoms with E-state index in [1.807, 2.05) is 0 Å². The van der Waals surface area contributed by atoms with Crippen LogP contribution in [0.15, 0.2) is 84.9 Å². The molecule has 0 radical (unpaired) electrons. The first-order valence-corrected chi connectivity index (χ1v) is 55.7. The number of fused-ring (bicyclic) bond motifs is 2. The molecule has 0 fully saturated rings. The molecule has 0 spiro atoms. The molecule has 0 amide bonds. The van der Waals surface area contributed by atoms with Crippen molar-refractivity contribution in [3.8, 4) is 22.3 Å². The Kier molecular flexibility index (Phi) is 10.6. The van der Waals surface area contributed by atoms with Crippen LogP contribution in [-0.2, 0) is 15.1 Å². The Morgan fingerprint density at radius 2 is 0.776 bits per heavy atom. The van der Waals surface area contributed by atoms with Gasteiger partial charge in [0.05, 0.1) is 0 Å². The Morgan fingerprint density at radius 3 is 1.03 bits per heavy atom. The molecule has 2 aliphatic carbocycles. The van der Waals surface area contributed by atoms with Crippen LogP contribution in [-0.4, -0.2) is 36.6 Å². The molecule has 0 nitrogen and oxygen atoms in total. The van der Waals surface area contributed by atoms with Gasteiger partial charge in [-0.15, -0.1) is 0 Å². The first kappa shape index (κ1) is 45.5. The van der Waals surface area contributed by atoms with Crippen molar-refractivity contribution in [3.63, 3.8) is 0 Å². The summed E-state index contributed by atoms with van der Waals surface area (Å²) in [5.74, 6) is 1.02. The van der Waals surface area contributed by atoms with E-state index in [9.17, 15) is 0 Å². The van der Waals surface area contributed by atoms with Gasteiger partial charge in [-0.05, 0) is 0 Å².